The van der Waals surface area contributed by atoms with Gasteiger partial charge in [0.25, 0.3) is 5.91 Å². The van der Waals surface area contributed by atoms with Gasteiger partial charge in [0.05, 0.1) is 19.2 Å². The molecule has 0 bridgehead atoms. The molecule has 0 unspecified atom stereocenters. The third-order valence-corrected chi connectivity index (χ3v) is 3.11. The van der Waals surface area contributed by atoms with Gasteiger partial charge in [0.15, 0.2) is 0 Å². The molecule has 0 aliphatic carbocycles. The van der Waals surface area contributed by atoms with Gasteiger partial charge in [-0.3, -0.25) is 9.59 Å². The fraction of sp³-hybridized carbons (Fsp3) is 0.267. The Bertz CT molecular complexity index is 606. The van der Waals surface area contributed by atoms with Crippen molar-refractivity contribution in [3.63, 3.8) is 0 Å². The van der Waals surface area contributed by atoms with E-state index in [2.05, 4.69) is 9.84 Å². The second-order valence-electron chi connectivity index (χ2n) is 4.55. The van der Waals surface area contributed by atoms with Crippen LogP contribution in [-0.4, -0.2) is 47.3 Å². The maximum Gasteiger partial charge on any atom is 0.307 e. The van der Waals surface area contributed by atoms with E-state index in [0.29, 0.717) is 12.1 Å². The van der Waals surface area contributed by atoms with Crippen LogP contribution < -0.4 is 0 Å². The summed E-state index contributed by atoms with van der Waals surface area (Å²) in [5.41, 5.74) is 1.45. The van der Waals surface area contributed by atoms with Crippen molar-refractivity contribution >= 4 is 11.9 Å². The topological polar surface area (TPSA) is 64.4 Å². The summed E-state index contributed by atoms with van der Waals surface area (Å²) in [6, 6.07) is 8.98. The summed E-state index contributed by atoms with van der Waals surface area (Å²) in [5.74, 6) is -0.463. The molecule has 0 aliphatic rings. The number of rotatable bonds is 5. The van der Waals surface area contributed by atoms with Crippen LogP contribution in [0, 0.1) is 0 Å². The molecule has 0 N–H and O–H groups in total. The van der Waals surface area contributed by atoms with Gasteiger partial charge in [-0.2, -0.15) is 5.10 Å². The van der Waals surface area contributed by atoms with Crippen molar-refractivity contribution in [2.24, 2.45) is 0 Å². The van der Waals surface area contributed by atoms with Crippen molar-refractivity contribution in [2.45, 2.75) is 6.42 Å². The summed E-state index contributed by atoms with van der Waals surface area (Å²) < 4.78 is 6.27. The monoisotopic (exact) mass is 287 g/mol. The Morgan fingerprint density at radius 2 is 2.00 bits per heavy atom. The first kappa shape index (κ1) is 14.8. The molecule has 110 valence electrons. The smallest absolute Gasteiger partial charge is 0.307 e. The zero-order valence-corrected chi connectivity index (χ0v) is 12.0. The number of amides is 1. The maximum absolute atomic E-state index is 12.2. The highest BCUT2D eigenvalue weighted by Crippen LogP contribution is 2.10. The molecule has 1 heterocycles. The van der Waals surface area contributed by atoms with Gasteiger partial charge in [-0.15, -0.1) is 0 Å². The highest BCUT2D eigenvalue weighted by atomic mass is 16.5. The number of esters is 1. The Labute approximate surface area is 122 Å². The van der Waals surface area contributed by atoms with Crippen LogP contribution >= 0.6 is 0 Å². The average molecular weight is 287 g/mol. The van der Waals surface area contributed by atoms with E-state index in [1.807, 2.05) is 24.4 Å². The van der Waals surface area contributed by atoms with Crippen molar-refractivity contribution in [3.05, 3.63) is 48.3 Å². The highest BCUT2D eigenvalue weighted by Gasteiger charge is 2.13. The first-order valence-electron chi connectivity index (χ1n) is 6.54. The van der Waals surface area contributed by atoms with E-state index in [1.54, 1.807) is 30.1 Å². The summed E-state index contributed by atoms with van der Waals surface area (Å²) in [7, 11) is 2.99. The summed E-state index contributed by atoms with van der Waals surface area (Å²) >= 11 is 0. The highest BCUT2D eigenvalue weighted by molar-refractivity contribution is 5.94. The van der Waals surface area contributed by atoms with Crippen molar-refractivity contribution in [1.29, 1.82) is 0 Å². The number of hydrogen-bond acceptors (Lipinski definition) is 4. The Kier molecular flexibility index (Phi) is 4.71. The van der Waals surface area contributed by atoms with E-state index >= 15 is 0 Å². The van der Waals surface area contributed by atoms with Crippen LogP contribution in [-0.2, 0) is 9.53 Å². The number of methoxy groups -OCH3 is 1. The number of carbonyl (C=O) groups is 2. The maximum atomic E-state index is 12.2. The first-order chi connectivity index (χ1) is 10.1. The van der Waals surface area contributed by atoms with Crippen LogP contribution in [0.25, 0.3) is 5.69 Å². The molecule has 0 spiro atoms. The van der Waals surface area contributed by atoms with Crippen molar-refractivity contribution in [3.8, 4) is 5.69 Å². The molecule has 0 radical (unpaired) electrons. The Hall–Kier alpha value is -2.63. The number of aromatic nitrogens is 2. The van der Waals surface area contributed by atoms with Crippen molar-refractivity contribution in [2.75, 3.05) is 20.7 Å². The van der Waals surface area contributed by atoms with E-state index < -0.39 is 0 Å². The SMILES string of the molecule is COC(=O)CCN(C)C(=O)c1ccc(-n2cccn2)cc1. The molecule has 0 aliphatic heterocycles. The zero-order valence-electron chi connectivity index (χ0n) is 12.0. The van der Waals surface area contributed by atoms with Gasteiger partial charge in [-0.1, -0.05) is 0 Å². The molecule has 0 fully saturated rings. The van der Waals surface area contributed by atoms with Crippen LogP contribution in [0.2, 0.25) is 0 Å². The van der Waals surface area contributed by atoms with E-state index in [9.17, 15) is 9.59 Å². The van der Waals surface area contributed by atoms with Crippen molar-refractivity contribution in [1.82, 2.24) is 14.7 Å². The standard InChI is InChI=1S/C15H17N3O3/c1-17(11-8-14(19)21-2)15(20)12-4-6-13(7-5-12)18-10-3-9-16-18/h3-7,9-10H,8,11H2,1-2H3. The molecular weight excluding hydrogens is 270 g/mol. The molecule has 6 nitrogen and oxygen atoms in total. The average Bonchev–Trinajstić information content (AvgIpc) is 3.06. The fourth-order valence-electron chi connectivity index (χ4n) is 1.86. The lowest BCUT2D eigenvalue weighted by molar-refractivity contribution is -0.140. The minimum Gasteiger partial charge on any atom is -0.469 e. The van der Waals surface area contributed by atoms with E-state index in [-0.39, 0.29) is 18.3 Å². The normalized spacial score (nSPS) is 10.2. The molecule has 1 aromatic heterocycles. The van der Waals surface area contributed by atoms with Gasteiger partial charge >= 0.3 is 5.97 Å². The van der Waals surface area contributed by atoms with Crippen LogP contribution in [0.3, 0.4) is 0 Å². The quantitative estimate of drug-likeness (QED) is 0.782. The third-order valence-electron chi connectivity index (χ3n) is 3.11. The predicted octanol–water partition coefficient (Wildman–Crippen LogP) is 1.51. The Balaban J connectivity index is 2.01. The first-order valence-corrected chi connectivity index (χ1v) is 6.54. The molecule has 6 heteroatoms. The molecule has 1 amide bonds. The fourth-order valence-corrected chi connectivity index (χ4v) is 1.86. The summed E-state index contributed by atoms with van der Waals surface area (Å²) in [4.78, 5) is 24.8. The third kappa shape index (κ3) is 3.68. The van der Waals surface area contributed by atoms with E-state index in [4.69, 9.17) is 0 Å². The molecule has 2 rings (SSSR count). The molecule has 1 aromatic carbocycles. The van der Waals surface area contributed by atoms with E-state index in [1.165, 1.54) is 12.0 Å². The number of ether oxygens (including phenoxy) is 1. The predicted molar refractivity (Wildman–Crippen MR) is 77.2 cm³/mol. The molecular formula is C15H17N3O3. The lowest BCUT2D eigenvalue weighted by Crippen LogP contribution is -2.29. The van der Waals surface area contributed by atoms with Gasteiger partial charge < -0.3 is 9.64 Å². The summed E-state index contributed by atoms with van der Waals surface area (Å²) in [5, 5.41) is 4.12. The van der Waals surface area contributed by atoms with Crippen LogP contribution in [0.15, 0.2) is 42.7 Å². The number of carbonyl (C=O) groups excluding carboxylic acids is 2. The van der Waals surface area contributed by atoms with Crippen LogP contribution in [0.4, 0.5) is 0 Å². The molecule has 0 saturated heterocycles. The number of hydrogen-bond donors (Lipinski definition) is 0. The van der Waals surface area contributed by atoms with Crippen molar-refractivity contribution < 1.29 is 14.3 Å². The lowest BCUT2D eigenvalue weighted by Gasteiger charge is -2.16. The Morgan fingerprint density at radius 3 is 2.57 bits per heavy atom. The van der Waals surface area contributed by atoms with Gasteiger partial charge in [-0.05, 0) is 30.3 Å². The van der Waals surface area contributed by atoms with E-state index in [0.717, 1.165) is 5.69 Å². The van der Waals surface area contributed by atoms with Crippen LogP contribution in [0.1, 0.15) is 16.8 Å². The van der Waals surface area contributed by atoms with Gasteiger partial charge in [0, 0.05) is 31.5 Å². The molecule has 0 atom stereocenters. The van der Waals surface area contributed by atoms with Gasteiger partial charge in [0.2, 0.25) is 0 Å². The summed E-state index contributed by atoms with van der Waals surface area (Å²) in [6.45, 7) is 0.326. The second kappa shape index (κ2) is 6.69. The molecule has 21 heavy (non-hydrogen) atoms. The minimum absolute atomic E-state index is 0.133. The minimum atomic E-state index is -0.330. The number of benzene rings is 1. The Morgan fingerprint density at radius 1 is 1.29 bits per heavy atom. The largest absolute Gasteiger partial charge is 0.469 e. The zero-order chi connectivity index (χ0) is 15.2. The number of nitrogens with zero attached hydrogens (tertiary/aromatic N) is 3. The van der Waals surface area contributed by atoms with Crippen LogP contribution in [0.5, 0.6) is 0 Å². The van der Waals surface area contributed by atoms with Gasteiger partial charge in [0.1, 0.15) is 0 Å². The summed E-state index contributed by atoms with van der Waals surface area (Å²) in [6.07, 6.45) is 3.71. The lowest BCUT2D eigenvalue weighted by atomic mass is 10.2. The molecule has 0 saturated carbocycles. The molecule has 2 aromatic rings. The van der Waals surface area contributed by atoms with Gasteiger partial charge in [-0.25, -0.2) is 4.68 Å². The second-order valence-corrected chi connectivity index (χ2v) is 4.55.